The first-order chi connectivity index (χ1) is 9.08. The Morgan fingerprint density at radius 2 is 2.11 bits per heavy atom. The van der Waals surface area contributed by atoms with Crippen LogP contribution in [0.2, 0.25) is 0 Å². The summed E-state index contributed by atoms with van der Waals surface area (Å²) in [6.07, 6.45) is 2.64. The highest BCUT2D eigenvalue weighted by atomic mass is 16.2. The fourth-order valence-corrected chi connectivity index (χ4v) is 2.32. The summed E-state index contributed by atoms with van der Waals surface area (Å²) in [6, 6.07) is 0. The van der Waals surface area contributed by atoms with Gasteiger partial charge in [-0.1, -0.05) is 27.7 Å². The second-order valence-corrected chi connectivity index (χ2v) is 5.29. The van der Waals surface area contributed by atoms with Gasteiger partial charge in [-0.05, 0) is 25.7 Å². The van der Waals surface area contributed by atoms with E-state index in [1.807, 2.05) is 25.7 Å². The second-order valence-electron chi connectivity index (χ2n) is 5.29. The van der Waals surface area contributed by atoms with E-state index in [0.29, 0.717) is 12.3 Å². The molecule has 0 saturated heterocycles. The summed E-state index contributed by atoms with van der Waals surface area (Å²) in [4.78, 5) is 14.1. The molecule has 1 amide bonds. The lowest BCUT2D eigenvalue weighted by Crippen LogP contribution is -2.31. The summed E-state index contributed by atoms with van der Waals surface area (Å²) in [5.74, 6) is 0.698. The van der Waals surface area contributed by atoms with Crippen molar-refractivity contribution in [1.29, 1.82) is 0 Å². The van der Waals surface area contributed by atoms with Crippen LogP contribution in [0.1, 0.15) is 57.5 Å². The van der Waals surface area contributed by atoms with E-state index in [2.05, 4.69) is 24.0 Å². The molecule has 1 aromatic rings. The van der Waals surface area contributed by atoms with E-state index in [4.69, 9.17) is 0 Å². The minimum Gasteiger partial charge on any atom is -0.338 e. The smallest absolute Gasteiger partial charge is 0.223 e. The number of carbonyl (C=O) groups excluding carboxylic acids is 1. The van der Waals surface area contributed by atoms with Crippen LogP contribution in [0, 0.1) is 12.8 Å². The number of rotatable bonds is 2. The van der Waals surface area contributed by atoms with Crippen LogP contribution in [-0.4, -0.2) is 27.5 Å². The van der Waals surface area contributed by atoms with Crippen LogP contribution >= 0.6 is 0 Å². The molecule has 4 heteroatoms. The minimum atomic E-state index is 0.272. The quantitative estimate of drug-likeness (QED) is 0.893. The van der Waals surface area contributed by atoms with E-state index in [9.17, 15) is 4.79 Å². The van der Waals surface area contributed by atoms with Crippen molar-refractivity contribution in [2.24, 2.45) is 5.92 Å². The largest absolute Gasteiger partial charge is 0.338 e. The number of fused-ring (bicyclic) bond motifs is 1. The number of aromatic nitrogens is 2. The molecule has 0 unspecified atom stereocenters. The van der Waals surface area contributed by atoms with Crippen LogP contribution in [0.15, 0.2) is 0 Å². The second kappa shape index (κ2) is 7.31. The third-order valence-electron chi connectivity index (χ3n) is 3.29. The van der Waals surface area contributed by atoms with Gasteiger partial charge in [0.1, 0.15) is 0 Å². The molecule has 1 N–H and O–H groups in total. The summed E-state index contributed by atoms with van der Waals surface area (Å²) in [5.41, 5.74) is 3.46. The number of aryl methyl sites for hydroxylation is 2. The summed E-state index contributed by atoms with van der Waals surface area (Å²) < 4.78 is 0. The highest BCUT2D eigenvalue weighted by Crippen LogP contribution is 2.20. The molecule has 0 fully saturated rings. The van der Waals surface area contributed by atoms with Crippen molar-refractivity contribution in [3.8, 4) is 0 Å². The molecule has 0 bridgehead atoms. The molecule has 1 aromatic heterocycles. The number of hydrogen-bond donors (Lipinski definition) is 1. The van der Waals surface area contributed by atoms with E-state index in [1.165, 1.54) is 5.56 Å². The molecule has 2 heterocycles. The van der Waals surface area contributed by atoms with Crippen molar-refractivity contribution >= 4 is 5.91 Å². The molecule has 0 radical (unpaired) electrons. The van der Waals surface area contributed by atoms with Gasteiger partial charge in [0.2, 0.25) is 5.91 Å². The number of aromatic amines is 1. The lowest BCUT2D eigenvalue weighted by atomic mass is 10.1. The maximum absolute atomic E-state index is 12.1. The molecule has 1 aliphatic rings. The van der Waals surface area contributed by atoms with Gasteiger partial charge in [0.15, 0.2) is 0 Å². The Bertz CT molecular complexity index is 410. The van der Waals surface area contributed by atoms with Gasteiger partial charge in [0.25, 0.3) is 0 Å². The zero-order valence-electron chi connectivity index (χ0n) is 12.9. The van der Waals surface area contributed by atoms with Gasteiger partial charge < -0.3 is 4.90 Å². The minimum absolute atomic E-state index is 0.272. The summed E-state index contributed by atoms with van der Waals surface area (Å²) >= 11 is 0. The Morgan fingerprint density at radius 3 is 2.74 bits per heavy atom. The summed E-state index contributed by atoms with van der Waals surface area (Å²) in [7, 11) is 0. The fourth-order valence-electron chi connectivity index (χ4n) is 2.32. The molecular formula is C15H27N3O. The first-order valence-corrected chi connectivity index (χ1v) is 7.38. The Morgan fingerprint density at radius 1 is 1.42 bits per heavy atom. The number of H-pyrrole nitrogens is 1. The first-order valence-electron chi connectivity index (χ1n) is 7.38. The number of hydrogen-bond acceptors (Lipinski definition) is 2. The summed E-state index contributed by atoms with van der Waals surface area (Å²) in [5, 5.41) is 7.33. The van der Waals surface area contributed by atoms with Crippen LogP contribution in [-0.2, 0) is 17.8 Å². The van der Waals surface area contributed by atoms with Crippen molar-refractivity contribution in [2.45, 2.75) is 60.4 Å². The van der Waals surface area contributed by atoms with Gasteiger partial charge in [-0.25, -0.2) is 0 Å². The lowest BCUT2D eigenvalue weighted by molar-refractivity contribution is -0.132. The molecule has 1 aliphatic heterocycles. The highest BCUT2D eigenvalue weighted by molar-refractivity contribution is 5.76. The van der Waals surface area contributed by atoms with E-state index < -0.39 is 0 Å². The van der Waals surface area contributed by atoms with E-state index >= 15 is 0 Å². The normalized spacial score (nSPS) is 14.5. The van der Waals surface area contributed by atoms with Crippen LogP contribution in [0.25, 0.3) is 0 Å². The van der Waals surface area contributed by atoms with Crippen LogP contribution in [0.5, 0.6) is 0 Å². The number of carbonyl (C=O) groups is 1. The Labute approximate surface area is 116 Å². The fraction of sp³-hybridized carbons (Fsp3) is 0.733. The van der Waals surface area contributed by atoms with Crippen LogP contribution < -0.4 is 0 Å². The molecule has 108 valence electrons. The molecule has 0 saturated carbocycles. The maximum Gasteiger partial charge on any atom is 0.223 e. The van der Waals surface area contributed by atoms with E-state index in [-0.39, 0.29) is 5.91 Å². The number of nitrogens with zero attached hydrogens (tertiary/aromatic N) is 2. The lowest BCUT2D eigenvalue weighted by Gasteiger charge is -2.21. The molecule has 0 atom stereocenters. The predicted octanol–water partition coefficient (Wildman–Crippen LogP) is 3.07. The Kier molecular flexibility index (Phi) is 6.06. The number of nitrogens with one attached hydrogen (secondary N) is 1. The topological polar surface area (TPSA) is 49.0 Å². The third-order valence-corrected chi connectivity index (χ3v) is 3.29. The van der Waals surface area contributed by atoms with Crippen molar-refractivity contribution in [3.05, 3.63) is 17.0 Å². The van der Waals surface area contributed by atoms with Gasteiger partial charge >= 0.3 is 0 Å². The van der Waals surface area contributed by atoms with Crippen molar-refractivity contribution in [3.63, 3.8) is 0 Å². The SMILES string of the molecule is CC.Cc1[nH]nc2c1CN(C(=O)CC(C)C)CCC2. The average molecular weight is 265 g/mol. The van der Waals surface area contributed by atoms with Crippen molar-refractivity contribution in [2.75, 3.05) is 6.54 Å². The highest BCUT2D eigenvalue weighted by Gasteiger charge is 2.22. The number of amides is 1. The molecular weight excluding hydrogens is 238 g/mol. The zero-order valence-corrected chi connectivity index (χ0v) is 12.9. The van der Waals surface area contributed by atoms with E-state index in [0.717, 1.165) is 37.3 Å². The standard InChI is InChI=1S/C13H21N3O.C2H6/c1-9(2)7-13(17)16-6-4-5-12-11(8-16)10(3)14-15-12;1-2/h9H,4-8H2,1-3H3,(H,14,15);1-2H3. The third kappa shape index (κ3) is 4.08. The van der Waals surface area contributed by atoms with Crippen molar-refractivity contribution < 1.29 is 4.79 Å². The van der Waals surface area contributed by atoms with E-state index in [1.54, 1.807) is 0 Å². The monoisotopic (exact) mass is 265 g/mol. The van der Waals surface area contributed by atoms with Crippen LogP contribution in [0.4, 0.5) is 0 Å². The van der Waals surface area contributed by atoms with Gasteiger partial charge in [0.05, 0.1) is 5.69 Å². The molecule has 0 spiro atoms. The molecule has 0 aromatic carbocycles. The Balaban J connectivity index is 0.000000861. The summed E-state index contributed by atoms with van der Waals surface area (Å²) in [6.45, 7) is 11.8. The molecule has 4 nitrogen and oxygen atoms in total. The van der Waals surface area contributed by atoms with Gasteiger partial charge in [-0.3, -0.25) is 9.89 Å². The van der Waals surface area contributed by atoms with Gasteiger partial charge in [-0.15, -0.1) is 0 Å². The van der Waals surface area contributed by atoms with Gasteiger partial charge in [-0.2, -0.15) is 5.10 Å². The molecule has 2 rings (SSSR count). The van der Waals surface area contributed by atoms with Gasteiger partial charge in [0, 0.05) is 30.8 Å². The van der Waals surface area contributed by atoms with Crippen molar-refractivity contribution in [1.82, 2.24) is 15.1 Å². The Hall–Kier alpha value is -1.32. The maximum atomic E-state index is 12.1. The molecule has 0 aliphatic carbocycles. The molecule has 19 heavy (non-hydrogen) atoms. The predicted molar refractivity (Wildman–Crippen MR) is 77.9 cm³/mol. The van der Waals surface area contributed by atoms with Crippen LogP contribution in [0.3, 0.4) is 0 Å². The average Bonchev–Trinajstić information content (AvgIpc) is 2.62. The zero-order chi connectivity index (χ0) is 14.4. The first kappa shape index (κ1) is 15.7.